The maximum absolute atomic E-state index is 13.2. The van der Waals surface area contributed by atoms with Gasteiger partial charge in [-0.25, -0.2) is 4.79 Å². The quantitative estimate of drug-likeness (QED) is 0.656. The van der Waals surface area contributed by atoms with Gasteiger partial charge in [0.1, 0.15) is 0 Å². The summed E-state index contributed by atoms with van der Waals surface area (Å²) in [5.74, 6) is -0.205. The van der Waals surface area contributed by atoms with Crippen molar-refractivity contribution in [3.05, 3.63) is 65.2 Å². The summed E-state index contributed by atoms with van der Waals surface area (Å²) in [7, 11) is 1.60. The fourth-order valence-corrected chi connectivity index (χ4v) is 3.18. The second-order valence-electron chi connectivity index (χ2n) is 7.77. The van der Waals surface area contributed by atoms with Crippen LogP contribution >= 0.6 is 0 Å². The molecular weight excluding hydrogens is 380 g/mol. The number of amides is 4. The molecule has 0 aromatic heterocycles. The molecule has 2 aromatic carbocycles. The van der Waals surface area contributed by atoms with Crippen molar-refractivity contribution in [2.24, 2.45) is 0 Å². The number of hydrogen-bond donors (Lipinski definition) is 3. The van der Waals surface area contributed by atoms with Crippen LogP contribution in [0.2, 0.25) is 0 Å². The van der Waals surface area contributed by atoms with Gasteiger partial charge in [0.05, 0.1) is 0 Å². The zero-order chi connectivity index (χ0) is 21.7. The molecule has 7 nitrogen and oxygen atoms in total. The molecule has 158 valence electrons. The molecule has 3 N–H and O–H groups in total. The molecule has 4 amide bonds. The van der Waals surface area contributed by atoms with Gasteiger partial charge in [-0.1, -0.05) is 18.2 Å². The number of nitrogens with zero attached hydrogens (tertiary/aromatic N) is 1. The van der Waals surface area contributed by atoms with E-state index in [1.807, 2.05) is 30.9 Å². The van der Waals surface area contributed by atoms with Crippen LogP contribution in [-0.2, 0) is 6.54 Å². The van der Waals surface area contributed by atoms with Crippen molar-refractivity contribution in [3.8, 4) is 0 Å². The highest BCUT2D eigenvalue weighted by atomic mass is 16.2. The zero-order valence-electron chi connectivity index (χ0n) is 17.6. The van der Waals surface area contributed by atoms with E-state index < -0.39 is 0 Å². The van der Waals surface area contributed by atoms with Crippen molar-refractivity contribution in [2.45, 2.75) is 45.3 Å². The van der Waals surface area contributed by atoms with Gasteiger partial charge in [-0.05, 0) is 62.6 Å². The predicted molar refractivity (Wildman–Crippen MR) is 116 cm³/mol. The lowest BCUT2D eigenvalue weighted by Crippen LogP contribution is -2.34. The Morgan fingerprint density at radius 2 is 1.73 bits per heavy atom. The maximum Gasteiger partial charge on any atom is 0.319 e. The summed E-state index contributed by atoms with van der Waals surface area (Å²) in [5.41, 5.74) is 2.66. The molecule has 3 rings (SSSR count). The van der Waals surface area contributed by atoms with Crippen molar-refractivity contribution in [2.75, 3.05) is 12.4 Å². The molecule has 0 atom stereocenters. The summed E-state index contributed by atoms with van der Waals surface area (Å²) in [5, 5.41) is 8.13. The highest BCUT2D eigenvalue weighted by molar-refractivity contribution is 5.97. The van der Waals surface area contributed by atoms with E-state index in [-0.39, 0.29) is 29.9 Å². The minimum Gasteiger partial charge on any atom is -0.355 e. The average Bonchev–Trinajstić information content (AvgIpc) is 3.56. The SMILES string of the molecule is CNC(=O)c1ccc(CN(C(=O)c2cccc(NC(=O)NC(C)C)c2)C2CC2)cc1. The number of urea groups is 1. The van der Waals surface area contributed by atoms with Gasteiger partial charge in [-0.3, -0.25) is 9.59 Å². The van der Waals surface area contributed by atoms with Crippen LogP contribution in [-0.4, -0.2) is 41.9 Å². The number of carbonyl (C=O) groups is 3. The van der Waals surface area contributed by atoms with Crippen LogP contribution in [0.3, 0.4) is 0 Å². The Balaban J connectivity index is 1.72. The standard InChI is InChI=1S/C23H28N4O3/c1-15(2)25-23(30)26-19-6-4-5-18(13-19)22(29)27(20-11-12-20)14-16-7-9-17(10-8-16)21(28)24-3/h4-10,13,15,20H,11-12,14H2,1-3H3,(H,24,28)(H2,25,26,30). The van der Waals surface area contributed by atoms with Gasteiger partial charge in [0, 0.05) is 42.5 Å². The van der Waals surface area contributed by atoms with E-state index >= 15 is 0 Å². The first-order valence-corrected chi connectivity index (χ1v) is 10.2. The Morgan fingerprint density at radius 3 is 2.33 bits per heavy atom. The Bertz CT molecular complexity index is 920. The van der Waals surface area contributed by atoms with Crippen LogP contribution in [0.4, 0.5) is 10.5 Å². The minimum atomic E-state index is -0.301. The van der Waals surface area contributed by atoms with Crippen molar-refractivity contribution in [1.82, 2.24) is 15.5 Å². The Kier molecular flexibility index (Phi) is 6.72. The van der Waals surface area contributed by atoms with Gasteiger partial charge in [0.25, 0.3) is 11.8 Å². The van der Waals surface area contributed by atoms with Crippen LogP contribution in [0.1, 0.15) is 53.0 Å². The lowest BCUT2D eigenvalue weighted by molar-refractivity contribution is 0.0729. The highest BCUT2D eigenvalue weighted by Crippen LogP contribution is 2.30. The molecule has 0 unspecified atom stereocenters. The molecular formula is C23H28N4O3. The van der Waals surface area contributed by atoms with E-state index in [0.29, 0.717) is 23.4 Å². The van der Waals surface area contributed by atoms with Gasteiger partial charge in [0.15, 0.2) is 0 Å². The first-order valence-electron chi connectivity index (χ1n) is 10.2. The number of hydrogen-bond acceptors (Lipinski definition) is 3. The predicted octanol–water partition coefficient (Wildman–Crippen LogP) is 3.38. The lowest BCUT2D eigenvalue weighted by atomic mass is 10.1. The summed E-state index contributed by atoms with van der Waals surface area (Å²) < 4.78 is 0. The molecule has 0 aliphatic heterocycles. The molecule has 1 saturated carbocycles. The fraction of sp³-hybridized carbons (Fsp3) is 0.348. The molecule has 1 aliphatic rings. The van der Waals surface area contributed by atoms with E-state index in [4.69, 9.17) is 0 Å². The van der Waals surface area contributed by atoms with Crippen molar-refractivity contribution < 1.29 is 14.4 Å². The van der Waals surface area contributed by atoms with Gasteiger partial charge >= 0.3 is 6.03 Å². The second-order valence-corrected chi connectivity index (χ2v) is 7.77. The van der Waals surface area contributed by atoms with E-state index in [9.17, 15) is 14.4 Å². The van der Waals surface area contributed by atoms with E-state index in [0.717, 1.165) is 18.4 Å². The first-order chi connectivity index (χ1) is 14.4. The summed E-state index contributed by atoms with van der Waals surface area (Å²) in [6, 6.07) is 14.2. The topological polar surface area (TPSA) is 90.5 Å². The number of anilines is 1. The van der Waals surface area contributed by atoms with Crippen LogP contribution in [0, 0.1) is 0 Å². The van der Waals surface area contributed by atoms with Gasteiger partial charge in [-0.15, -0.1) is 0 Å². The summed E-state index contributed by atoms with van der Waals surface area (Å²) in [6.45, 7) is 4.24. The Hall–Kier alpha value is -3.35. The van der Waals surface area contributed by atoms with E-state index in [1.54, 1.807) is 43.4 Å². The summed E-state index contributed by atoms with van der Waals surface area (Å²) in [6.07, 6.45) is 1.97. The van der Waals surface area contributed by atoms with Gasteiger partial charge < -0.3 is 20.9 Å². The fourth-order valence-electron chi connectivity index (χ4n) is 3.18. The number of nitrogens with one attached hydrogen (secondary N) is 3. The molecule has 0 radical (unpaired) electrons. The third kappa shape index (κ3) is 5.59. The third-order valence-corrected chi connectivity index (χ3v) is 4.83. The van der Waals surface area contributed by atoms with Crippen molar-refractivity contribution >= 4 is 23.5 Å². The monoisotopic (exact) mass is 408 g/mol. The van der Waals surface area contributed by atoms with Crippen LogP contribution < -0.4 is 16.0 Å². The summed E-state index contributed by atoms with van der Waals surface area (Å²) >= 11 is 0. The van der Waals surface area contributed by atoms with Gasteiger partial charge in [0.2, 0.25) is 0 Å². The molecule has 0 spiro atoms. The van der Waals surface area contributed by atoms with E-state index in [2.05, 4.69) is 16.0 Å². The zero-order valence-corrected chi connectivity index (χ0v) is 17.6. The Labute approximate surface area is 176 Å². The van der Waals surface area contributed by atoms with Crippen LogP contribution in [0.5, 0.6) is 0 Å². The van der Waals surface area contributed by atoms with Crippen LogP contribution in [0.25, 0.3) is 0 Å². The van der Waals surface area contributed by atoms with Gasteiger partial charge in [-0.2, -0.15) is 0 Å². The van der Waals surface area contributed by atoms with Crippen molar-refractivity contribution in [1.29, 1.82) is 0 Å². The molecule has 0 heterocycles. The second kappa shape index (κ2) is 9.43. The minimum absolute atomic E-state index is 0.0231. The van der Waals surface area contributed by atoms with Crippen molar-refractivity contribution in [3.63, 3.8) is 0 Å². The molecule has 2 aromatic rings. The highest BCUT2D eigenvalue weighted by Gasteiger charge is 2.33. The summed E-state index contributed by atoms with van der Waals surface area (Å²) in [4.78, 5) is 38.7. The Morgan fingerprint density at radius 1 is 1.03 bits per heavy atom. The number of rotatable bonds is 7. The smallest absolute Gasteiger partial charge is 0.319 e. The molecule has 30 heavy (non-hydrogen) atoms. The average molecular weight is 409 g/mol. The lowest BCUT2D eigenvalue weighted by Gasteiger charge is -2.23. The molecule has 0 bridgehead atoms. The van der Waals surface area contributed by atoms with E-state index in [1.165, 1.54) is 0 Å². The largest absolute Gasteiger partial charge is 0.355 e. The molecule has 1 fully saturated rings. The van der Waals surface area contributed by atoms with Crippen LogP contribution in [0.15, 0.2) is 48.5 Å². The third-order valence-electron chi connectivity index (χ3n) is 4.83. The normalized spacial score (nSPS) is 12.9. The first kappa shape index (κ1) is 21.4. The number of benzene rings is 2. The molecule has 0 saturated heterocycles. The number of carbonyl (C=O) groups excluding carboxylic acids is 3. The molecule has 1 aliphatic carbocycles. The molecule has 7 heteroatoms. The maximum atomic E-state index is 13.2.